The fraction of sp³-hybridized carbons (Fsp3) is 0.174. The van der Waals surface area contributed by atoms with Crippen LogP contribution in [0.3, 0.4) is 0 Å². The number of rotatable bonds is 7. The van der Waals surface area contributed by atoms with Crippen molar-refractivity contribution in [3.63, 3.8) is 0 Å². The topological polar surface area (TPSA) is 114 Å². The Balaban J connectivity index is 1.70. The summed E-state index contributed by atoms with van der Waals surface area (Å²) in [6.45, 7) is 3.88. The van der Waals surface area contributed by atoms with Gasteiger partial charge in [-0.1, -0.05) is 25.1 Å². The summed E-state index contributed by atoms with van der Waals surface area (Å²) in [6, 6.07) is 13.8. The number of esters is 1. The van der Waals surface area contributed by atoms with Gasteiger partial charge in [0.15, 0.2) is 5.11 Å². The normalized spacial score (nSPS) is 10.9. The highest BCUT2D eigenvalue weighted by molar-refractivity contribution is 7.90. The summed E-state index contributed by atoms with van der Waals surface area (Å²) in [5, 5.41) is 6.78. The van der Waals surface area contributed by atoms with Gasteiger partial charge in [-0.2, -0.15) is 0 Å². The molecule has 0 atom stereocenters. The minimum absolute atomic E-state index is 0.0735. The van der Waals surface area contributed by atoms with Crippen molar-refractivity contribution in [1.82, 2.24) is 4.72 Å². The van der Waals surface area contributed by atoms with Crippen molar-refractivity contribution in [3.05, 3.63) is 76.2 Å². The van der Waals surface area contributed by atoms with E-state index in [0.29, 0.717) is 22.7 Å². The Bertz CT molecular complexity index is 1320. The van der Waals surface area contributed by atoms with Gasteiger partial charge >= 0.3 is 5.97 Å². The average molecular weight is 518 g/mol. The molecule has 0 aliphatic heterocycles. The van der Waals surface area contributed by atoms with E-state index in [9.17, 15) is 18.0 Å². The summed E-state index contributed by atoms with van der Waals surface area (Å²) < 4.78 is 32.1. The van der Waals surface area contributed by atoms with Crippen molar-refractivity contribution in [1.29, 1.82) is 0 Å². The maximum atomic E-state index is 12.6. The summed E-state index contributed by atoms with van der Waals surface area (Å²) in [4.78, 5) is 25.4. The molecule has 34 heavy (non-hydrogen) atoms. The zero-order chi connectivity index (χ0) is 24.9. The Hall–Kier alpha value is -3.28. The first-order valence-electron chi connectivity index (χ1n) is 10.2. The first-order chi connectivity index (χ1) is 16.2. The summed E-state index contributed by atoms with van der Waals surface area (Å²) in [7, 11) is -2.72. The Morgan fingerprint density at radius 1 is 1.03 bits per heavy atom. The SMILES string of the molecule is CCc1c(C)sc(NC(=S)Nc2ccc(S(=O)(=O)NC(=O)c3ccccc3)cc2)c1C(=O)OC. The predicted octanol–water partition coefficient (Wildman–Crippen LogP) is 4.33. The molecule has 1 aromatic heterocycles. The molecule has 0 fully saturated rings. The van der Waals surface area contributed by atoms with Crippen molar-refractivity contribution >= 4 is 61.3 Å². The fourth-order valence-corrected chi connectivity index (χ4v) is 5.62. The van der Waals surface area contributed by atoms with Crippen molar-refractivity contribution in [2.45, 2.75) is 25.2 Å². The van der Waals surface area contributed by atoms with Crippen molar-refractivity contribution in [2.75, 3.05) is 17.7 Å². The number of hydrogen-bond acceptors (Lipinski definition) is 7. The van der Waals surface area contributed by atoms with Gasteiger partial charge in [-0.3, -0.25) is 4.79 Å². The molecule has 0 saturated heterocycles. The average Bonchev–Trinajstić information content (AvgIpc) is 3.13. The zero-order valence-electron chi connectivity index (χ0n) is 18.7. The second-order valence-corrected chi connectivity index (χ2v) is 10.4. The fourth-order valence-electron chi connectivity index (χ4n) is 3.22. The highest BCUT2D eigenvalue weighted by Gasteiger charge is 2.22. The van der Waals surface area contributed by atoms with Crippen LogP contribution in [0.25, 0.3) is 0 Å². The zero-order valence-corrected chi connectivity index (χ0v) is 21.1. The van der Waals surface area contributed by atoms with Gasteiger partial charge < -0.3 is 15.4 Å². The van der Waals surface area contributed by atoms with Gasteiger partial charge in [-0.25, -0.2) is 17.9 Å². The minimum Gasteiger partial charge on any atom is -0.465 e. The lowest BCUT2D eigenvalue weighted by molar-refractivity contribution is 0.0601. The lowest BCUT2D eigenvalue weighted by Crippen LogP contribution is -2.30. The lowest BCUT2D eigenvalue weighted by Gasteiger charge is -2.12. The molecule has 3 aromatic rings. The highest BCUT2D eigenvalue weighted by atomic mass is 32.2. The third-order valence-corrected chi connectivity index (χ3v) is 7.48. The molecule has 3 N–H and O–H groups in total. The van der Waals surface area contributed by atoms with E-state index < -0.39 is 21.9 Å². The number of carbonyl (C=O) groups is 2. The van der Waals surface area contributed by atoms with Gasteiger partial charge in [0.25, 0.3) is 15.9 Å². The van der Waals surface area contributed by atoms with E-state index in [1.165, 1.54) is 54.8 Å². The Kier molecular flexibility index (Phi) is 8.02. The highest BCUT2D eigenvalue weighted by Crippen LogP contribution is 2.34. The number of benzene rings is 2. The summed E-state index contributed by atoms with van der Waals surface area (Å²) in [6.07, 6.45) is 0.672. The molecule has 0 unspecified atom stereocenters. The van der Waals surface area contributed by atoms with Crippen LogP contribution in [0.15, 0.2) is 59.5 Å². The van der Waals surface area contributed by atoms with E-state index in [4.69, 9.17) is 17.0 Å². The van der Waals surface area contributed by atoms with Crippen LogP contribution in [0.4, 0.5) is 10.7 Å². The maximum absolute atomic E-state index is 12.6. The number of hydrogen-bond donors (Lipinski definition) is 3. The molecule has 0 radical (unpaired) electrons. The van der Waals surface area contributed by atoms with Crippen LogP contribution in [0.1, 0.15) is 38.1 Å². The monoisotopic (exact) mass is 517 g/mol. The molecule has 1 amide bonds. The number of thiocarbonyl (C=S) groups is 1. The molecule has 0 aliphatic rings. The van der Waals surface area contributed by atoms with Crippen LogP contribution in [0.5, 0.6) is 0 Å². The largest absolute Gasteiger partial charge is 0.465 e. The van der Waals surface area contributed by atoms with Crippen LogP contribution >= 0.6 is 23.6 Å². The third kappa shape index (κ3) is 5.79. The van der Waals surface area contributed by atoms with E-state index in [1.54, 1.807) is 18.2 Å². The third-order valence-electron chi connectivity index (χ3n) is 4.86. The van der Waals surface area contributed by atoms with Crippen LogP contribution in [-0.4, -0.2) is 32.5 Å². The summed E-state index contributed by atoms with van der Waals surface area (Å²) >= 11 is 6.76. The smallest absolute Gasteiger partial charge is 0.341 e. The van der Waals surface area contributed by atoms with Gasteiger partial charge in [0.1, 0.15) is 5.00 Å². The number of aryl methyl sites for hydroxylation is 1. The maximum Gasteiger partial charge on any atom is 0.341 e. The number of methoxy groups -OCH3 is 1. The quantitative estimate of drug-likeness (QED) is 0.313. The number of ether oxygens (including phenoxy) is 1. The van der Waals surface area contributed by atoms with E-state index in [2.05, 4.69) is 10.6 Å². The van der Waals surface area contributed by atoms with Crippen molar-refractivity contribution in [3.8, 4) is 0 Å². The van der Waals surface area contributed by atoms with Gasteiger partial charge in [0.2, 0.25) is 0 Å². The van der Waals surface area contributed by atoms with Gasteiger partial charge in [-0.05, 0) is 67.5 Å². The van der Waals surface area contributed by atoms with Gasteiger partial charge in [-0.15, -0.1) is 11.3 Å². The van der Waals surface area contributed by atoms with Crippen LogP contribution in [-0.2, 0) is 21.2 Å². The number of thiophene rings is 1. The lowest BCUT2D eigenvalue weighted by atomic mass is 10.1. The standard InChI is InChI=1S/C23H23N3O5S3/c1-4-18-14(2)33-21(19(18)22(28)31-3)25-23(32)24-16-10-12-17(13-11-16)34(29,30)26-20(27)15-8-6-5-7-9-15/h5-13H,4H2,1-3H3,(H,26,27)(H2,24,25,32). The molecule has 3 rings (SSSR count). The van der Waals surface area contributed by atoms with Crippen LogP contribution < -0.4 is 15.4 Å². The number of carbonyl (C=O) groups excluding carboxylic acids is 2. The Morgan fingerprint density at radius 3 is 2.26 bits per heavy atom. The second kappa shape index (κ2) is 10.8. The molecule has 1 heterocycles. The van der Waals surface area contributed by atoms with Crippen LogP contribution in [0, 0.1) is 6.92 Å². The Labute approximate surface area is 207 Å². The second-order valence-electron chi connectivity index (χ2n) is 7.09. The summed E-state index contributed by atoms with van der Waals surface area (Å²) in [5.74, 6) is -1.16. The predicted molar refractivity (Wildman–Crippen MR) is 137 cm³/mol. The minimum atomic E-state index is -4.05. The number of nitrogens with one attached hydrogen (secondary N) is 3. The molecule has 178 valence electrons. The number of anilines is 2. The van der Waals surface area contributed by atoms with E-state index in [1.807, 2.05) is 18.6 Å². The van der Waals surface area contributed by atoms with Gasteiger partial charge in [0, 0.05) is 16.1 Å². The summed E-state index contributed by atoms with van der Waals surface area (Å²) in [5.41, 5.74) is 2.11. The number of sulfonamides is 1. The number of amides is 1. The van der Waals surface area contributed by atoms with E-state index in [-0.39, 0.29) is 15.6 Å². The molecular formula is C23H23N3O5S3. The first kappa shape index (κ1) is 25.3. The Morgan fingerprint density at radius 2 is 1.68 bits per heavy atom. The van der Waals surface area contributed by atoms with Gasteiger partial charge in [0.05, 0.1) is 17.6 Å². The van der Waals surface area contributed by atoms with Crippen LogP contribution in [0.2, 0.25) is 0 Å². The van der Waals surface area contributed by atoms with E-state index >= 15 is 0 Å². The molecule has 0 saturated carbocycles. The molecule has 0 spiro atoms. The molecule has 0 aliphatic carbocycles. The first-order valence-corrected chi connectivity index (χ1v) is 12.9. The molecule has 8 nitrogen and oxygen atoms in total. The molecule has 0 bridgehead atoms. The van der Waals surface area contributed by atoms with Crippen molar-refractivity contribution in [2.24, 2.45) is 0 Å². The van der Waals surface area contributed by atoms with E-state index in [0.717, 1.165) is 10.4 Å². The molecule has 2 aromatic carbocycles. The molecule has 11 heteroatoms. The van der Waals surface area contributed by atoms with Crippen molar-refractivity contribution < 1.29 is 22.7 Å². The molecular weight excluding hydrogens is 494 g/mol.